The lowest BCUT2D eigenvalue weighted by Crippen LogP contribution is -2.22. The summed E-state index contributed by atoms with van der Waals surface area (Å²) in [6, 6.07) is 8.78. The molecule has 27 heavy (non-hydrogen) atoms. The van der Waals surface area contributed by atoms with Crippen molar-refractivity contribution in [3.05, 3.63) is 75.5 Å². The van der Waals surface area contributed by atoms with E-state index in [1.807, 2.05) is 6.07 Å². The Kier molecular flexibility index (Phi) is 10.5. The molecule has 0 unspecified atom stereocenters. The number of hydrogen-bond acceptors (Lipinski definition) is 6. The Morgan fingerprint density at radius 3 is 2.59 bits per heavy atom. The number of pyridine rings is 2. The minimum absolute atomic E-state index is 0.338. The third-order valence-electron chi connectivity index (χ3n) is 2.79. The molecule has 2 rings (SSSR count). The molecule has 2 heterocycles. The zero-order valence-corrected chi connectivity index (χ0v) is 16.5. The topological polar surface area (TPSA) is 90.2 Å². The van der Waals surface area contributed by atoms with Crippen molar-refractivity contribution in [2.75, 3.05) is 13.2 Å². The van der Waals surface area contributed by atoms with Gasteiger partial charge >= 0.3 is 0 Å². The van der Waals surface area contributed by atoms with Crippen LogP contribution in [0.2, 0.25) is 5.15 Å². The molecule has 0 aliphatic carbocycles. The van der Waals surface area contributed by atoms with Gasteiger partial charge in [-0.1, -0.05) is 44.5 Å². The molecule has 0 radical (unpaired) electrons. The second-order valence-electron chi connectivity index (χ2n) is 6.28. The van der Waals surface area contributed by atoms with E-state index in [1.165, 1.54) is 0 Å². The quantitative estimate of drug-likeness (QED) is 0.314. The second-order valence-corrected chi connectivity index (χ2v) is 6.67. The summed E-state index contributed by atoms with van der Waals surface area (Å²) >= 11 is 5.72. The molecule has 0 spiro atoms. The van der Waals surface area contributed by atoms with Crippen LogP contribution in [0.15, 0.2) is 54.6 Å². The first kappa shape index (κ1) is 22.4. The van der Waals surface area contributed by atoms with Gasteiger partial charge in [0.15, 0.2) is 0 Å². The number of hydrogen-bond donors (Lipinski definition) is 1. The maximum atomic E-state index is 10.7. The highest BCUT2D eigenvalue weighted by atomic mass is 35.5. The maximum Gasteiger partial charge on any atom is 0.253 e. The van der Waals surface area contributed by atoms with Crippen molar-refractivity contribution in [1.82, 2.24) is 15.3 Å². The molecule has 0 atom stereocenters. The molecule has 0 fully saturated rings. The fourth-order valence-electron chi connectivity index (χ4n) is 1.81. The number of halogens is 1. The van der Waals surface area contributed by atoms with Crippen molar-refractivity contribution >= 4 is 11.6 Å². The van der Waals surface area contributed by atoms with E-state index in [0.29, 0.717) is 36.3 Å². The molecule has 7 nitrogen and oxygen atoms in total. The molecule has 0 bridgehead atoms. The molecule has 0 saturated carbocycles. The minimum Gasteiger partial charge on any atom is -0.476 e. The molecule has 0 aliphatic rings. The van der Waals surface area contributed by atoms with E-state index >= 15 is 0 Å². The van der Waals surface area contributed by atoms with Crippen LogP contribution in [0.3, 0.4) is 0 Å². The molecule has 0 aromatic carbocycles. The van der Waals surface area contributed by atoms with Crippen LogP contribution in [-0.2, 0) is 6.42 Å². The van der Waals surface area contributed by atoms with Crippen LogP contribution >= 0.6 is 11.6 Å². The van der Waals surface area contributed by atoms with E-state index < -0.39 is 4.92 Å². The van der Waals surface area contributed by atoms with Crippen molar-refractivity contribution in [3.8, 4) is 5.88 Å². The fraction of sp³-hybridized carbons (Fsp3) is 0.368. The molecule has 0 aliphatic heterocycles. The smallest absolute Gasteiger partial charge is 0.253 e. The Labute approximate surface area is 164 Å². The molecule has 8 heteroatoms. The summed E-state index contributed by atoms with van der Waals surface area (Å²) in [5.74, 6) is 1.34. The molecular weight excluding hydrogens is 368 g/mol. The summed E-state index contributed by atoms with van der Waals surface area (Å²) in [4.78, 5) is 18.2. The Morgan fingerprint density at radius 1 is 1.30 bits per heavy atom. The normalized spacial score (nSPS) is 10.8. The highest BCUT2D eigenvalue weighted by molar-refractivity contribution is 6.29. The highest BCUT2D eigenvalue weighted by Gasteiger charge is 2.05. The van der Waals surface area contributed by atoms with Crippen LogP contribution in [0.5, 0.6) is 5.88 Å². The van der Waals surface area contributed by atoms with Crippen LogP contribution in [-0.4, -0.2) is 28.0 Å². The molecule has 2 aromatic heterocycles. The lowest BCUT2D eigenvalue weighted by Gasteiger charge is -2.10. The van der Waals surface area contributed by atoms with Gasteiger partial charge in [0.05, 0.1) is 10.6 Å². The Bertz CT molecular complexity index is 704. The van der Waals surface area contributed by atoms with Crippen LogP contribution in [0.1, 0.15) is 26.3 Å². The van der Waals surface area contributed by atoms with Crippen LogP contribution in [0.4, 0.5) is 0 Å². The first-order chi connectivity index (χ1) is 12.9. The predicted octanol–water partition coefficient (Wildman–Crippen LogP) is 4.12. The van der Waals surface area contributed by atoms with Crippen LogP contribution in [0, 0.1) is 16.0 Å². The summed E-state index contributed by atoms with van der Waals surface area (Å²) in [6.45, 7) is 7.25. The Hall–Kier alpha value is -2.67. The number of nitrogens with one attached hydrogen (secondary N) is 1. The van der Waals surface area contributed by atoms with Gasteiger partial charge in [0, 0.05) is 31.4 Å². The molecule has 0 saturated heterocycles. The van der Waals surface area contributed by atoms with Gasteiger partial charge in [-0.25, -0.2) is 9.97 Å². The zero-order valence-electron chi connectivity index (χ0n) is 15.8. The average molecular weight is 393 g/mol. The Balaban J connectivity index is 0.000000828. The first-order valence-electron chi connectivity index (χ1n) is 8.59. The standard InChI is InChI=1S/C15H15ClN4O3.C4H10/c16-14-5-4-12(10-19-14)9-13(11-20(21)22)17-7-8-23-15-3-1-2-6-18-15;1-4(2)3/h1-6,10-11,17H,7-9H2;4H,1-3H3/b13-11-;. The predicted molar refractivity (Wildman–Crippen MR) is 106 cm³/mol. The van der Waals surface area contributed by atoms with Crippen LogP contribution < -0.4 is 10.1 Å². The van der Waals surface area contributed by atoms with E-state index in [4.69, 9.17) is 16.3 Å². The van der Waals surface area contributed by atoms with Gasteiger partial charge in [0.25, 0.3) is 6.20 Å². The number of allylic oxidation sites excluding steroid dienone is 1. The lowest BCUT2D eigenvalue weighted by atomic mass is 10.2. The van der Waals surface area contributed by atoms with Crippen molar-refractivity contribution in [2.24, 2.45) is 5.92 Å². The van der Waals surface area contributed by atoms with Gasteiger partial charge in [-0.15, -0.1) is 0 Å². The minimum atomic E-state index is -0.495. The largest absolute Gasteiger partial charge is 0.476 e. The van der Waals surface area contributed by atoms with Gasteiger partial charge < -0.3 is 10.1 Å². The maximum absolute atomic E-state index is 10.7. The molecular formula is C19H25ClN4O3. The van der Waals surface area contributed by atoms with Gasteiger partial charge in [-0.3, -0.25) is 10.1 Å². The van der Waals surface area contributed by atoms with Crippen molar-refractivity contribution in [2.45, 2.75) is 27.2 Å². The number of ether oxygens (including phenoxy) is 1. The van der Waals surface area contributed by atoms with Crippen molar-refractivity contribution < 1.29 is 9.66 Å². The first-order valence-corrected chi connectivity index (χ1v) is 8.97. The Morgan fingerprint density at radius 2 is 2.04 bits per heavy atom. The van der Waals surface area contributed by atoms with E-state index in [9.17, 15) is 10.1 Å². The molecule has 146 valence electrons. The van der Waals surface area contributed by atoms with E-state index in [0.717, 1.165) is 17.7 Å². The van der Waals surface area contributed by atoms with Crippen LogP contribution in [0.25, 0.3) is 0 Å². The number of nitro groups is 1. The third-order valence-corrected chi connectivity index (χ3v) is 3.01. The van der Waals surface area contributed by atoms with Crippen molar-refractivity contribution in [1.29, 1.82) is 0 Å². The van der Waals surface area contributed by atoms with Gasteiger partial charge in [-0.05, 0) is 23.6 Å². The number of nitrogens with zero attached hydrogens (tertiary/aromatic N) is 3. The van der Waals surface area contributed by atoms with Gasteiger partial charge in [0.2, 0.25) is 5.88 Å². The average Bonchev–Trinajstić information content (AvgIpc) is 2.60. The van der Waals surface area contributed by atoms with E-state index in [2.05, 4.69) is 36.1 Å². The summed E-state index contributed by atoms with van der Waals surface area (Å²) in [6.07, 6.45) is 4.51. The zero-order chi connectivity index (χ0) is 20.1. The third kappa shape index (κ3) is 11.5. The number of rotatable bonds is 8. The summed E-state index contributed by atoms with van der Waals surface area (Å²) < 4.78 is 5.43. The fourth-order valence-corrected chi connectivity index (χ4v) is 1.92. The number of aromatic nitrogens is 2. The molecule has 1 N–H and O–H groups in total. The van der Waals surface area contributed by atoms with Crippen molar-refractivity contribution in [3.63, 3.8) is 0 Å². The summed E-state index contributed by atoms with van der Waals surface area (Å²) in [5.41, 5.74) is 1.28. The second kappa shape index (κ2) is 12.6. The summed E-state index contributed by atoms with van der Waals surface area (Å²) in [7, 11) is 0. The van der Waals surface area contributed by atoms with Gasteiger partial charge in [-0.2, -0.15) is 0 Å². The summed E-state index contributed by atoms with van der Waals surface area (Å²) in [5, 5.41) is 14.1. The van der Waals surface area contributed by atoms with E-state index in [-0.39, 0.29) is 0 Å². The monoisotopic (exact) mass is 392 g/mol. The molecule has 0 amide bonds. The molecule has 2 aromatic rings. The SMILES string of the molecule is CC(C)C.O=[N+]([O-])/C=C(/Cc1ccc(Cl)nc1)NCCOc1ccccn1. The lowest BCUT2D eigenvalue weighted by molar-refractivity contribution is -0.403. The van der Waals surface area contributed by atoms with E-state index in [1.54, 1.807) is 36.7 Å². The highest BCUT2D eigenvalue weighted by Crippen LogP contribution is 2.09. The van der Waals surface area contributed by atoms with Gasteiger partial charge in [0.1, 0.15) is 11.8 Å².